The monoisotopic (exact) mass is 258 g/mol. The van der Waals surface area contributed by atoms with Crippen LogP contribution in [-0.2, 0) is 13.5 Å². The van der Waals surface area contributed by atoms with Crippen LogP contribution in [0.25, 0.3) is 10.9 Å². The molecule has 0 bridgehead atoms. The first kappa shape index (κ1) is 14.1. The van der Waals surface area contributed by atoms with Gasteiger partial charge in [-0.2, -0.15) is 0 Å². The average molecular weight is 258 g/mol. The molecule has 1 aromatic carbocycles. The van der Waals surface area contributed by atoms with Crippen LogP contribution in [0.4, 0.5) is 0 Å². The number of benzene rings is 1. The van der Waals surface area contributed by atoms with Gasteiger partial charge in [0.2, 0.25) is 0 Å². The highest BCUT2D eigenvalue weighted by molar-refractivity contribution is 5.88. The van der Waals surface area contributed by atoms with Crippen LogP contribution in [0.3, 0.4) is 0 Å². The van der Waals surface area contributed by atoms with Gasteiger partial charge in [-0.3, -0.25) is 0 Å². The molecule has 0 amide bonds. The third-order valence-electron chi connectivity index (χ3n) is 4.08. The van der Waals surface area contributed by atoms with Crippen LogP contribution >= 0.6 is 0 Å². The van der Waals surface area contributed by atoms with E-state index in [1.54, 1.807) is 0 Å². The lowest BCUT2D eigenvalue weighted by atomic mass is 10.0. The van der Waals surface area contributed by atoms with E-state index in [9.17, 15) is 0 Å². The van der Waals surface area contributed by atoms with E-state index < -0.39 is 0 Å². The molecule has 0 unspecified atom stereocenters. The summed E-state index contributed by atoms with van der Waals surface area (Å²) in [5, 5.41) is 4.86. The van der Waals surface area contributed by atoms with Crippen molar-refractivity contribution in [3.63, 3.8) is 0 Å². The molecule has 0 saturated carbocycles. The Morgan fingerprint density at radius 1 is 1.16 bits per heavy atom. The summed E-state index contributed by atoms with van der Waals surface area (Å²) in [5.74, 6) is 0. The zero-order valence-electron chi connectivity index (χ0n) is 12.9. The number of hydrogen-bond acceptors (Lipinski definition) is 1. The molecule has 1 aromatic heterocycles. The van der Waals surface area contributed by atoms with E-state index in [0.29, 0.717) is 0 Å². The normalized spacial score (nSPS) is 11.4. The molecule has 0 spiro atoms. The van der Waals surface area contributed by atoms with Crippen molar-refractivity contribution >= 4 is 10.9 Å². The third kappa shape index (κ3) is 2.69. The van der Waals surface area contributed by atoms with Crippen molar-refractivity contribution in [2.24, 2.45) is 7.05 Å². The lowest BCUT2D eigenvalue weighted by Gasteiger charge is -2.04. The van der Waals surface area contributed by atoms with Gasteiger partial charge in [0, 0.05) is 18.1 Å². The summed E-state index contributed by atoms with van der Waals surface area (Å²) in [5.41, 5.74) is 7.10. The van der Waals surface area contributed by atoms with Gasteiger partial charge < -0.3 is 9.88 Å². The van der Waals surface area contributed by atoms with E-state index in [0.717, 1.165) is 13.1 Å². The van der Waals surface area contributed by atoms with Gasteiger partial charge in [0.25, 0.3) is 0 Å². The first-order valence-electron chi connectivity index (χ1n) is 7.32. The van der Waals surface area contributed by atoms with Crippen LogP contribution in [-0.4, -0.2) is 17.7 Å². The van der Waals surface area contributed by atoms with Gasteiger partial charge in [-0.05, 0) is 63.9 Å². The van der Waals surface area contributed by atoms with E-state index in [-0.39, 0.29) is 0 Å². The van der Waals surface area contributed by atoms with Gasteiger partial charge in [-0.15, -0.1) is 0 Å². The summed E-state index contributed by atoms with van der Waals surface area (Å²) in [4.78, 5) is 0. The zero-order valence-corrected chi connectivity index (χ0v) is 12.9. The molecule has 2 nitrogen and oxygen atoms in total. The molecule has 0 aliphatic rings. The van der Waals surface area contributed by atoms with Gasteiger partial charge in [-0.25, -0.2) is 0 Å². The molecule has 0 saturated heterocycles. The molecule has 0 aliphatic heterocycles. The second-order valence-electron chi connectivity index (χ2n) is 5.56. The second-order valence-corrected chi connectivity index (χ2v) is 5.56. The highest BCUT2D eigenvalue weighted by Crippen LogP contribution is 2.29. The Bertz CT molecular complexity index is 579. The smallest absolute Gasteiger partial charge is 0.0512 e. The Balaban J connectivity index is 2.40. The molecule has 0 atom stereocenters. The highest BCUT2D eigenvalue weighted by atomic mass is 14.9. The fraction of sp³-hybridized carbons (Fsp3) is 0.529. The van der Waals surface area contributed by atoms with Crippen molar-refractivity contribution in [2.75, 3.05) is 13.1 Å². The van der Waals surface area contributed by atoms with Crippen molar-refractivity contribution in [1.82, 2.24) is 9.88 Å². The molecule has 1 heterocycles. The topological polar surface area (TPSA) is 17.0 Å². The number of rotatable bonds is 5. The van der Waals surface area contributed by atoms with E-state index >= 15 is 0 Å². The molecule has 104 valence electrons. The van der Waals surface area contributed by atoms with Gasteiger partial charge in [0.15, 0.2) is 0 Å². The maximum atomic E-state index is 3.41. The molecule has 2 heteroatoms. The van der Waals surface area contributed by atoms with Crippen LogP contribution in [0.5, 0.6) is 0 Å². The van der Waals surface area contributed by atoms with Crippen molar-refractivity contribution in [1.29, 1.82) is 0 Å². The zero-order chi connectivity index (χ0) is 14.0. The molecule has 0 fully saturated rings. The van der Waals surface area contributed by atoms with Crippen LogP contribution in [0.1, 0.15) is 35.7 Å². The van der Waals surface area contributed by atoms with Crippen LogP contribution in [0.15, 0.2) is 12.1 Å². The standard InChI is InChI=1S/C17H26N2/c1-6-18-9-7-8-15-14(4)19(5)17-13(3)10-12(2)11-16(15)17/h10-11,18H,6-9H2,1-5H3. The minimum Gasteiger partial charge on any atom is -0.347 e. The van der Waals surface area contributed by atoms with Crippen molar-refractivity contribution < 1.29 is 0 Å². The first-order valence-corrected chi connectivity index (χ1v) is 7.32. The molecular formula is C17H26N2. The molecule has 2 rings (SSSR count). The largest absolute Gasteiger partial charge is 0.347 e. The number of nitrogens with zero attached hydrogens (tertiary/aromatic N) is 1. The highest BCUT2D eigenvalue weighted by Gasteiger charge is 2.13. The Hall–Kier alpha value is -1.28. The molecule has 1 N–H and O–H groups in total. The second kappa shape index (κ2) is 5.79. The Morgan fingerprint density at radius 3 is 2.58 bits per heavy atom. The molecule has 0 aliphatic carbocycles. The van der Waals surface area contributed by atoms with Gasteiger partial charge >= 0.3 is 0 Å². The maximum Gasteiger partial charge on any atom is 0.0512 e. The minimum absolute atomic E-state index is 1.06. The number of nitrogens with one attached hydrogen (secondary N) is 1. The Kier molecular flexibility index (Phi) is 4.31. The van der Waals surface area contributed by atoms with Crippen molar-refractivity contribution in [3.05, 3.63) is 34.5 Å². The summed E-state index contributed by atoms with van der Waals surface area (Å²) >= 11 is 0. The lowest BCUT2D eigenvalue weighted by Crippen LogP contribution is -2.14. The number of aryl methyl sites for hydroxylation is 4. The van der Waals surface area contributed by atoms with E-state index in [1.807, 2.05) is 0 Å². The van der Waals surface area contributed by atoms with Gasteiger partial charge in [-0.1, -0.05) is 18.6 Å². The van der Waals surface area contributed by atoms with Crippen LogP contribution < -0.4 is 5.32 Å². The number of fused-ring (bicyclic) bond motifs is 1. The van der Waals surface area contributed by atoms with Gasteiger partial charge in [0.05, 0.1) is 5.52 Å². The predicted octanol–water partition coefficient (Wildman–Crippen LogP) is 3.65. The fourth-order valence-electron chi connectivity index (χ4n) is 3.08. The summed E-state index contributed by atoms with van der Waals surface area (Å²) in [6.07, 6.45) is 2.37. The summed E-state index contributed by atoms with van der Waals surface area (Å²) in [7, 11) is 2.19. The SMILES string of the molecule is CCNCCCc1c(C)n(C)c2c(C)cc(C)cc12. The summed E-state index contributed by atoms with van der Waals surface area (Å²) in [6.45, 7) is 11.0. The average Bonchev–Trinajstić information content (AvgIpc) is 2.59. The summed E-state index contributed by atoms with van der Waals surface area (Å²) in [6, 6.07) is 4.63. The predicted molar refractivity (Wildman–Crippen MR) is 84.0 cm³/mol. The van der Waals surface area contributed by atoms with Crippen molar-refractivity contribution in [3.8, 4) is 0 Å². The third-order valence-corrected chi connectivity index (χ3v) is 4.08. The summed E-state index contributed by atoms with van der Waals surface area (Å²) < 4.78 is 2.35. The minimum atomic E-state index is 1.06. The van der Waals surface area contributed by atoms with Crippen LogP contribution in [0.2, 0.25) is 0 Å². The molecule has 19 heavy (non-hydrogen) atoms. The molecular weight excluding hydrogens is 232 g/mol. The maximum absolute atomic E-state index is 3.41. The quantitative estimate of drug-likeness (QED) is 0.810. The first-order chi connectivity index (χ1) is 9.06. The van der Waals surface area contributed by atoms with Gasteiger partial charge in [0.1, 0.15) is 0 Å². The van der Waals surface area contributed by atoms with E-state index in [1.165, 1.54) is 46.1 Å². The van der Waals surface area contributed by atoms with E-state index in [2.05, 4.69) is 56.8 Å². The van der Waals surface area contributed by atoms with Crippen molar-refractivity contribution in [2.45, 2.75) is 40.5 Å². The molecule has 2 aromatic rings. The number of hydrogen-bond donors (Lipinski definition) is 1. The fourth-order valence-corrected chi connectivity index (χ4v) is 3.08. The van der Waals surface area contributed by atoms with Crippen LogP contribution in [0, 0.1) is 20.8 Å². The van der Waals surface area contributed by atoms with E-state index in [4.69, 9.17) is 0 Å². The number of aromatic nitrogens is 1. The lowest BCUT2D eigenvalue weighted by molar-refractivity contribution is 0.671. The molecule has 0 radical (unpaired) electrons. The Morgan fingerprint density at radius 2 is 1.89 bits per heavy atom. The Labute approximate surface area is 116 Å².